The number of ether oxygens (including phenoxy) is 1. The second-order valence-corrected chi connectivity index (χ2v) is 5.41. The standard InChI is InChI=1S/C18H19FN2O3/c1-24-18-6-5-12(8-17(18)23)7-13(11-22)10-21-16-4-2-3-15(19)14(16)9-20/h2-6,8,13,21-23H,7,10-11H2,1H3. The molecule has 1 atom stereocenters. The third kappa shape index (κ3) is 4.15. The minimum absolute atomic E-state index is 0.0385. The molecule has 6 heteroatoms. The molecule has 0 bridgehead atoms. The zero-order valence-corrected chi connectivity index (χ0v) is 13.3. The summed E-state index contributed by atoms with van der Waals surface area (Å²) in [7, 11) is 1.47. The highest BCUT2D eigenvalue weighted by atomic mass is 19.1. The number of aromatic hydroxyl groups is 1. The predicted molar refractivity (Wildman–Crippen MR) is 88.5 cm³/mol. The van der Waals surface area contributed by atoms with Gasteiger partial charge in [0.05, 0.1) is 12.8 Å². The van der Waals surface area contributed by atoms with Gasteiger partial charge in [0.25, 0.3) is 0 Å². The Morgan fingerprint density at radius 2 is 2.12 bits per heavy atom. The van der Waals surface area contributed by atoms with E-state index in [4.69, 9.17) is 10.00 Å². The van der Waals surface area contributed by atoms with E-state index in [0.29, 0.717) is 24.4 Å². The topological polar surface area (TPSA) is 85.5 Å². The maximum atomic E-state index is 13.6. The van der Waals surface area contributed by atoms with Crippen LogP contribution in [-0.4, -0.2) is 30.5 Å². The Kier molecular flexibility index (Phi) is 5.99. The van der Waals surface area contributed by atoms with E-state index in [1.807, 2.05) is 12.1 Å². The van der Waals surface area contributed by atoms with Gasteiger partial charge in [-0.3, -0.25) is 0 Å². The summed E-state index contributed by atoms with van der Waals surface area (Å²) >= 11 is 0. The van der Waals surface area contributed by atoms with Crippen LogP contribution in [0.15, 0.2) is 36.4 Å². The number of hydrogen-bond acceptors (Lipinski definition) is 5. The third-order valence-electron chi connectivity index (χ3n) is 3.73. The molecule has 126 valence electrons. The Hall–Kier alpha value is -2.78. The molecule has 24 heavy (non-hydrogen) atoms. The molecule has 0 saturated carbocycles. The van der Waals surface area contributed by atoms with Gasteiger partial charge >= 0.3 is 0 Å². The van der Waals surface area contributed by atoms with Crippen molar-refractivity contribution in [3.8, 4) is 17.6 Å². The van der Waals surface area contributed by atoms with Gasteiger partial charge in [-0.25, -0.2) is 4.39 Å². The largest absolute Gasteiger partial charge is 0.504 e. The lowest BCUT2D eigenvalue weighted by Gasteiger charge is -2.17. The fourth-order valence-corrected chi connectivity index (χ4v) is 2.44. The van der Waals surface area contributed by atoms with Crippen LogP contribution < -0.4 is 10.1 Å². The molecule has 3 N–H and O–H groups in total. The minimum atomic E-state index is -0.580. The lowest BCUT2D eigenvalue weighted by molar-refractivity contribution is 0.232. The summed E-state index contributed by atoms with van der Waals surface area (Å²) in [6, 6.07) is 11.3. The molecule has 1 unspecified atom stereocenters. The number of aliphatic hydroxyl groups is 1. The normalized spacial score (nSPS) is 11.6. The summed E-state index contributed by atoms with van der Waals surface area (Å²) in [6.07, 6.45) is 0.512. The van der Waals surface area contributed by atoms with Crippen molar-refractivity contribution in [1.29, 1.82) is 5.26 Å². The van der Waals surface area contributed by atoms with Gasteiger partial charge in [0.1, 0.15) is 17.4 Å². The number of phenolic OH excluding ortho intramolecular Hbond substituents is 1. The van der Waals surface area contributed by atoms with E-state index in [1.54, 1.807) is 18.2 Å². The highest BCUT2D eigenvalue weighted by molar-refractivity contribution is 5.57. The van der Waals surface area contributed by atoms with Gasteiger partial charge in [-0.05, 0) is 36.2 Å². The van der Waals surface area contributed by atoms with Crippen LogP contribution in [0.2, 0.25) is 0 Å². The summed E-state index contributed by atoms with van der Waals surface area (Å²) < 4.78 is 18.6. The number of phenols is 1. The van der Waals surface area contributed by atoms with Gasteiger partial charge in [0.15, 0.2) is 11.5 Å². The van der Waals surface area contributed by atoms with Crippen molar-refractivity contribution in [2.24, 2.45) is 5.92 Å². The first-order valence-corrected chi connectivity index (χ1v) is 7.48. The number of rotatable bonds is 7. The van der Waals surface area contributed by atoms with Gasteiger partial charge in [0.2, 0.25) is 0 Å². The summed E-state index contributed by atoms with van der Waals surface area (Å²) in [5.41, 5.74) is 1.19. The predicted octanol–water partition coefficient (Wildman–Crippen LogP) is 2.67. The molecule has 0 fully saturated rings. The van der Waals surface area contributed by atoms with Crippen LogP contribution in [0.25, 0.3) is 0 Å². The summed E-state index contributed by atoms with van der Waals surface area (Å²) in [5, 5.41) is 31.4. The summed E-state index contributed by atoms with van der Waals surface area (Å²) in [5.74, 6) is -0.317. The average Bonchev–Trinajstić information content (AvgIpc) is 2.58. The number of methoxy groups -OCH3 is 1. The van der Waals surface area contributed by atoms with E-state index in [0.717, 1.165) is 5.56 Å². The van der Waals surface area contributed by atoms with Crippen LogP contribution in [-0.2, 0) is 6.42 Å². The van der Waals surface area contributed by atoms with E-state index in [2.05, 4.69) is 5.32 Å². The molecule has 0 amide bonds. The molecule has 0 aromatic heterocycles. The van der Waals surface area contributed by atoms with Crippen molar-refractivity contribution >= 4 is 5.69 Å². The molecule has 0 radical (unpaired) electrons. The molecule has 0 saturated heterocycles. The van der Waals surface area contributed by atoms with Crippen LogP contribution in [0, 0.1) is 23.1 Å². The van der Waals surface area contributed by atoms with Crippen molar-refractivity contribution in [3.05, 3.63) is 53.3 Å². The Balaban J connectivity index is 2.04. The van der Waals surface area contributed by atoms with E-state index < -0.39 is 5.82 Å². The minimum Gasteiger partial charge on any atom is -0.504 e. The fraction of sp³-hybridized carbons (Fsp3) is 0.278. The van der Waals surface area contributed by atoms with E-state index in [-0.39, 0.29) is 23.8 Å². The van der Waals surface area contributed by atoms with Gasteiger partial charge in [-0.1, -0.05) is 12.1 Å². The van der Waals surface area contributed by atoms with Crippen molar-refractivity contribution in [3.63, 3.8) is 0 Å². The third-order valence-corrected chi connectivity index (χ3v) is 3.73. The van der Waals surface area contributed by atoms with E-state index in [9.17, 15) is 14.6 Å². The highest BCUT2D eigenvalue weighted by Crippen LogP contribution is 2.27. The molecule has 2 aromatic carbocycles. The van der Waals surface area contributed by atoms with Crippen LogP contribution in [0.1, 0.15) is 11.1 Å². The monoisotopic (exact) mass is 330 g/mol. The number of halogens is 1. The molecular formula is C18H19FN2O3. The molecule has 2 aromatic rings. The smallest absolute Gasteiger partial charge is 0.160 e. The molecule has 0 aliphatic rings. The lowest BCUT2D eigenvalue weighted by Crippen LogP contribution is -2.20. The van der Waals surface area contributed by atoms with Gasteiger partial charge < -0.3 is 20.3 Å². The number of anilines is 1. The van der Waals surface area contributed by atoms with Crippen LogP contribution in [0.3, 0.4) is 0 Å². The fourth-order valence-electron chi connectivity index (χ4n) is 2.44. The number of hydrogen-bond donors (Lipinski definition) is 3. The first-order chi connectivity index (χ1) is 11.6. The molecule has 0 spiro atoms. The van der Waals surface area contributed by atoms with Gasteiger partial charge in [-0.15, -0.1) is 0 Å². The number of nitriles is 1. The average molecular weight is 330 g/mol. The van der Waals surface area contributed by atoms with Crippen molar-refractivity contribution in [1.82, 2.24) is 0 Å². The molecule has 0 aliphatic heterocycles. The Bertz CT molecular complexity index is 744. The quantitative estimate of drug-likeness (QED) is 0.727. The van der Waals surface area contributed by atoms with Crippen molar-refractivity contribution in [2.45, 2.75) is 6.42 Å². The number of nitrogens with one attached hydrogen (secondary N) is 1. The van der Waals surface area contributed by atoms with Crippen LogP contribution in [0.4, 0.5) is 10.1 Å². The summed E-state index contributed by atoms with van der Waals surface area (Å²) in [4.78, 5) is 0. The molecule has 5 nitrogen and oxygen atoms in total. The molecule has 0 aliphatic carbocycles. The van der Waals surface area contributed by atoms with E-state index >= 15 is 0 Å². The number of nitrogens with zero attached hydrogens (tertiary/aromatic N) is 1. The SMILES string of the molecule is COc1ccc(CC(CO)CNc2cccc(F)c2C#N)cc1O. The maximum absolute atomic E-state index is 13.6. The van der Waals surface area contributed by atoms with Crippen LogP contribution in [0.5, 0.6) is 11.5 Å². The zero-order valence-electron chi connectivity index (χ0n) is 13.3. The first-order valence-electron chi connectivity index (χ1n) is 7.48. The Morgan fingerprint density at radius 3 is 2.75 bits per heavy atom. The molecule has 2 rings (SSSR count). The highest BCUT2D eigenvalue weighted by Gasteiger charge is 2.13. The summed E-state index contributed by atoms with van der Waals surface area (Å²) in [6.45, 7) is 0.276. The van der Waals surface area contributed by atoms with Gasteiger partial charge in [-0.2, -0.15) is 5.26 Å². The molecular weight excluding hydrogens is 311 g/mol. The van der Waals surface area contributed by atoms with Crippen LogP contribution >= 0.6 is 0 Å². The lowest BCUT2D eigenvalue weighted by atomic mass is 9.99. The maximum Gasteiger partial charge on any atom is 0.160 e. The van der Waals surface area contributed by atoms with Crippen molar-refractivity contribution in [2.75, 3.05) is 25.6 Å². The van der Waals surface area contributed by atoms with Gasteiger partial charge in [0, 0.05) is 19.1 Å². The van der Waals surface area contributed by atoms with E-state index in [1.165, 1.54) is 19.2 Å². The Morgan fingerprint density at radius 1 is 1.33 bits per heavy atom. The first kappa shape index (κ1) is 17.6. The second-order valence-electron chi connectivity index (χ2n) is 5.41. The van der Waals surface area contributed by atoms with Crippen molar-refractivity contribution < 1.29 is 19.3 Å². The zero-order chi connectivity index (χ0) is 17.5. The molecule has 0 heterocycles. The number of benzene rings is 2. The second kappa shape index (κ2) is 8.18. The number of aliphatic hydroxyl groups excluding tert-OH is 1. The Labute approximate surface area is 139 Å².